The predicted octanol–water partition coefficient (Wildman–Crippen LogP) is 1.66. The Hall–Kier alpha value is 0.564. The summed E-state index contributed by atoms with van der Waals surface area (Å²) in [4.78, 5) is 26.7. The summed E-state index contributed by atoms with van der Waals surface area (Å²) >= 11 is 0. The monoisotopic (exact) mass is 591 g/mol. The van der Waals surface area contributed by atoms with Crippen LogP contribution in [0.15, 0.2) is 12.3 Å². The van der Waals surface area contributed by atoms with E-state index in [0.717, 1.165) is 20.0 Å². The molecule has 0 saturated carbocycles. The quantitative estimate of drug-likeness (QED) is 0.300. The Balaban J connectivity index is 0.00000512. The maximum atomic E-state index is 12.7. The van der Waals surface area contributed by atoms with E-state index in [1.54, 1.807) is 19.3 Å². The first-order chi connectivity index (χ1) is 14.0. The number of carbonyl (C=O) groups is 1. The summed E-state index contributed by atoms with van der Waals surface area (Å²) in [5.74, 6) is -0.634. The Morgan fingerprint density at radius 3 is 2.38 bits per heavy atom. The Morgan fingerprint density at radius 1 is 1.25 bits per heavy atom. The van der Waals surface area contributed by atoms with Gasteiger partial charge in [0.15, 0.2) is 0 Å². The molecule has 5 unspecified atom stereocenters. The van der Waals surface area contributed by atoms with Gasteiger partial charge in [0.25, 0.3) is 0 Å². The van der Waals surface area contributed by atoms with E-state index >= 15 is 0 Å². The molecule has 1 saturated heterocycles. The molecule has 0 spiro atoms. The molecule has 1 fully saturated rings. The van der Waals surface area contributed by atoms with Crippen molar-refractivity contribution in [3.05, 3.63) is 18.7 Å². The van der Waals surface area contributed by atoms with Gasteiger partial charge in [0.1, 0.15) is 12.1 Å². The zero-order chi connectivity index (χ0) is 23.8. The van der Waals surface area contributed by atoms with E-state index in [1.165, 1.54) is 16.2 Å². The molecular weight excluding hydrogens is 560 g/mol. The molecule has 7 atom stereocenters. The van der Waals surface area contributed by atoms with Crippen LogP contribution >= 0.6 is 22.3 Å². The normalized spacial score (nSPS) is 31.7. The van der Waals surface area contributed by atoms with E-state index in [1.807, 2.05) is 19.0 Å². The molecule has 1 radical (unpaired) electrons. The van der Waals surface area contributed by atoms with Crippen molar-refractivity contribution in [3.63, 3.8) is 0 Å². The summed E-state index contributed by atoms with van der Waals surface area (Å²) in [5, 5.41) is 10.3. The molecule has 0 bridgehead atoms. The summed E-state index contributed by atoms with van der Waals surface area (Å²) in [6.07, 6.45) is 1.62. The van der Waals surface area contributed by atoms with Crippen LogP contribution in [0.3, 0.4) is 0 Å². The summed E-state index contributed by atoms with van der Waals surface area (Å²) in [6.45, 7) is 2.85. The van der Waals surface area contributed by atoms with Crippen LogP contribution in [-0.2, 0) is 60.0 Å². The van der Waals surface area contributed by atoms with Gasteiger partial charge in [-0.05, 0) is 26.3 Å². The number of rotatable bonds is 9. The summed E-state index contributed by atoms with van der Waals surface area (Å²) in [7, 11) is -5.88. The first-order valence-corrected chi connectivity index (χ1v) is 15.9. The first kappa shape index (κ1) is 30.6. The fourth-order valence-electron chi connectivity index (χ4n) is 3.31. The topological polar surface area (TPSA) is 146 Å². The molecule has 16 heteroatoms. The Kier molecular flexibility index (Phi) is 11.0. The van der Waals surface area contributed by atoms with Gasteiger partial charge in [-0.2, -0.15) is 0 Å². The van der Waals surface area contributed by atoms with Crippen molar-refractivity contribution in [1.82, 2.24) is 14.7 Å². The third-order valence-electron chi connectivity index (χ3n) is 4.51. The number of aliphatic hydroxyl groups is 1. The van der Waals surface area contributed by atoms with Crippen LogP contribution in [0.5, 0.6) is 0 Å². The molecule has 0 aromatic heterocycles. The van der Waals surface area contributed by atoms with Crippen molar-refractivity contribution in [2.24, 2.45) is 0 Å². The Bertz CT molecular complexity index is 852. The molecule has 12 nitrogen and oxygen atoms in total. The van der Waals surface area contributed by atoms with Crippen LogP contribution < -0.4 is 0 Å². The second kappa shape index (κ2) is 11.5. The van der Waals surface area contributed by atoms with Gasteiger partial charge >= 0.3 is 13.6 Å². The average molecular weight is 591 g/mol. The van der Waals surface area contributed by atoms with E-state index in [2.05, 4.69) is 0 Å². The van der Waals surface area contributed by atoms with Gasteiger partial charge < -0.3 is 29.1 Å². The van der Waals surface area contributed by atoms with Crippen molar-refractivity contribution >= 4 is 28.4 Å². The molecule has 0 aromatic carbocycles. The van der Waals surface area contributed by atoms with Gasteiger partial charge in [-0.1, -0.05) is 0 Å². The smallest absolute Gasteiger partial charge is 0.333 e. The standard InChI is InChI=1S/C16H31N3O9P3.Y/c1-17(2)14-7-8-19(16(21)18(14)3)15-9-12(20)13(27-15)10-26-31(6,25)28-30(5,24)11-29(4,22)23;/h7-9,12-15,20H,10-11H2,1-6H3,(H,22,23);/q-1;/t12?,13-,14?,15-,30?,31?;/m1./s1. The third-order valence-corrected chi connectivity index (χ3v) is 11.9. The fraction of sp³-hybridized carbons (Fsp3) is 0.750. The molecule has 2 heterocycles. The number of hydrogen-bond acceptors (Lipinski definition) is 9. The summed E-state index contributed by atoms with van der Waals surface area (Å²) in [6, 6.07) is -0.333. The number of hydrogen-bond donors (Lipinski definition) is 2. The number of urea groups is 1. The molecule has 2 amide bonds. The molecule has 0 aliphatic carbocycles. The van der Waals surface area contributed by atoms with Crippen LogP contribution in [0.25, 0.3) is 0 Å². The van der Waals surface area contributed by atoms with Gasteiger partial charge in [-0.3, -0.25) is 22.9 Å². The van der Waals surface area contributed by atoms with Crippen LogP contribution in [0, 0.1) is 6.42 Å². The van der Waals surface area contributed by atoms with Crippen molar-refractivity contribution in [2.75, 3.05) is 53.6 Å². The largest absolute Gasteiger partial charge is 0.422 e. The van der Waals surface area contributed by atoms with Crippen molar-refractivity contribution < 1.29 is 74.8 Å². The minimum absolute atomic E-state index is 0. The molecule has 183 valence electrons. The molecule has 32 heavy (non-hydrogen) atoms. The second-order valence-electron chi connectivity index (χ2n) is 8.12. The SMILES string of the molecule is CN(C)C1C=CN([C@H]2[CH-]C(O)[C@@H](COP(C)(=O)OP(C)(=O)CP(C)(=O)O)O2)C(=O)N1C.[Y]. The van der Waals surface area contributed by atoms with Crippen LogP contribution in [-0.4, -0.2) is 109 Å². The minimum Gasteiger partial charge on any atom is -0.422 e. The maximum Gasteiger partial charge on any atom is 0.333 e. The van der Waals surface area contributed by atoms with Crippen molar-refractivity contribution in [1.29, 1.82) is 0 Å². The number of carbonyl (C=O) groups excluding carboxylic acids is 1. The third kappa shape index (κ3) is 8.65. The van der Waals surface area contributed by atoms with E-state index < -0.39 is 46.7 Å². The first-order valence-electron chi connectivity index (χ1n) is 9.39. The van der Waals surface area contributed by atoms with E-state index in [4.69, 9.17) is 13.6 Å². The summed E-state index contributed by atoms with van der Waals surface area (Å²) < 4.78 is 52.3. The van der Waals surface area contributed by atoms with Crippen LogP contribution in [0.1, 0.15) is 0 Å². The van der Waals surface area contributed by atoms with Crippen LogP contribution in [0.2, 0.25) is 0 Å². The number of ether oxygens (including phenoxy) is 1. The van der Waals surface area contributed by atoms with Gasteiger partial charge in [0, 0.05) is 72.2 Å². The molecule has 0 aromatic rings. The molecular formula is C16H31N3O9P3Y-. The number of amides is 2. The van der Waals surface area contributed by atoms with E-state index in [0.29, 0.717) is 0 Å². The Labute approximate surface area is 213 Å². The number of likely N-dealkylation sites (N-methyl/N-ethyl adjacent to an activating group) is 2. The minimum atomic E-state index is -3.88. The average Bonchev–Trinajstić information content (AvgIpc) is 2.92. The van der Waals surface area contributed by atoms with Gasteiger partial charge in [0.05, 0.1) is 12.7 Å². The molecule has 2 rings (SSSR count). The van der Waals surface area contributed by atoms with E-state index in [9.17, 15) is 28.5 Å². The molecule has 2 aliphatic rings. The van der Waals surface area contributed by atoms with Gasteiger partial charge in [-0.25, -0.2) is 11.2 Å². The maximum absolute atomic E-state index is 12.7. The second-order valence-corrected chi connectivity index (χ2v) is 15.8. The van der Waals surface area contributed by atoms with Crippen molar-refractivity contribution in [3.8, 4) is 0 Å². The Morgan fingerprint density at radius 2 is 1.84 bits per heavy atom. The van der Waals surface area contributed by atoms with E-state index in [-0.39, 0.29) is 51.5 Å². The van der Waals surface area contributed by atoms with Crippen LogP contribution in [0.4, 0.5) is 4.79 Å². The molecule has 2 aliphatic heterocycles. The van der Waals surface area contributed by atoms with Gasteiger partial charge in [-0.15, -0.1) is 0 Å². The summed E-state index contributed by atoms with van der Waals surface area (Å²) in [5.41, 5.74) is 0. The number of aliphatic hydroxyl groups excluding tert-OH is 1. The molecule has 2 N–H and O–H groups in total. The zero-order valence-corrected chi connectivity index (χ0v) is 24.5. The zero-order valence-electron chi connectivity index (χ0n) is 19.0. The predicted molar refractivity (Wildman–Crippen MR) is 115 cm³/mol. The number of nitrogens with zero attached hydrogens (tertiary/aromatic N) is 3. The fourth-order valence-corrected chi connectivity index (χ4v) is 10.9. The van der Waals surface area contributed by atoms with Gasteiger partial charge in [0.2, 0.25) is 14.7 Å². The van der Waals surface area contributed by atoms with Crippen molar-refractivity contribution in [2.45, 2.75) is 24.6 Å².